The molecule has 1 atom stereocenters. The molecule has 2 N–H and O–H groups in total. The minimum Gasteiger partial charge on any atom is -0.454 e. The second-order valence-electron chi connectivity index (χ2n) is 4.82. The van der Waals surface area contributed by atoms with Gasteiger partial charge in [-0.3, -0.25) is 0 Å². The number of halogens is 4. The predicted molar refractivity (Wildman–Crippen MR) is 79.4 cm³/mol. The molecule has 1 heterocycles. The first-order valence-corrected chi connectivity index (χ1v) is 7.33. The monoisotopic (exact) mass is 389 g/mol. The van der Waals surface area contributed by atoms with Gasteiger partial charge in [0.15, 0.2) is 11.5 Å². The molecule has 1 aliphatic rings. The Balaban J connectivity index is 1.84. The molecule has 0 amide bonds. The molecule has 0 aliphatic carbocycles. The molecule has 4 nitrogen and oxygen atoms in total. The van der Waals surface area contributed by atoms with Crippen molar-refractivity contribution in [1.82, 2.24) is 0 Å². The molecule has 1 aliphatic heterocycles. The Hall–Kier alpha value is -1.93. The van der Waals surface area contributed by atoms with Crippen LogP contribution in [-0.2, 0) is 0 Å². The van der Waals surface area contributed by atoms with Crippen molar-refractivity contribution in [2.75, 3.05) is 6.79 Å². The topological polar surface area (TPSA) is 53.7 Å². The van der Waals surface area contributed by atoms with Crippen molar-refractivity contribution in [2.24, 2.45) is 5.73 Å². The summed E-state index contributed by atoms with van der Waals surface area (Å²) < 4.78 is 51.6. The van der Waals surface area contributed by atoms with E-state index in [1.165, 1.54) is 24.3 Å². The van der Waals surface area contributed by atoms with Crippen LogP contribution >= 0.6 is 15.9 Å². The molecule has 0 saturated heterocycles. The molecule has 8 heteroatoms. The summed E-state index contributed by atoms with van der Waals surface area (Å²) in [5, 5.41) is 0. The third kappa shape index (κ3) is 3.53. The van der Waals surface area contributed by atoms with E-state index in [0.717, 1.165) is 10.0 Å². The second kappa shape index (κ2) is 5.93. The fourth-order valence-corrected chi connectivity index (χ4v) is 2.80. The highest BCUT2D eigenvalue weighted by atomic mass is 79.9. The summed E-state index contributed by atoms with van der Waals surface area (Å²) in [7, 11) is 0. The lowest BCUT2D eigenvalue weighted by atomic mass is 9.99. The summed E-state index contributed by atoms with van der Waals surface area (Å²) in [6.07, 6.45) is -4.72. The van der Waals surface area contributed by atoms with Crippen LogP contribution in [0.15, 0.2) is 40.9 Å². The molecule has 2 aromatic rings. The first kappa shape index (κ1) is 15.9. The first-order chi connectivity index (χ1) is 10.8. The Morgan fingerprint density at radius 3 is 2.30 bits per heavy atom. The van der Waals surface area contributed by atoms with E-state index in [0.29, 0.717) is 17.1 Å². The van der Waals surface area contributed by atoms with E-state index in [-0.39, 0.29) is 12.5 Å². The number of rotatable bonds is 3. The molecule has 0 bridgehead atoms. The van der Waals surface area contributed by atoms with Crippen LogP contribution in [0.4, 0.5) is 13.2 Å². The average molecular weight is 390 g/mol. The van der Waals surface area contributed by atoms with Gasteiger partial charge >= 0.3 is 6.36 Å². The molecule has 23 heavy (non-hydrogen) atoms. The van der Waals surface area contributed by atoms with E-state index in [4.69, 9.17) is 15.2 Å². The van der Waals surface area contributed by atoms with Crippen molar-refractivity contribution >= 4 is 15.9 Å². The number of ether oxygens (including phenoxy) is 3. The quantitative estimate of drug-likeness (QED) is 0.857. The van der Waals surface area contributed by atoms with Crippen LogP contribution in [0.2, 0.25) is 0 Å². The zero-order valence-electron chi connectivity index (χ0n) is 11.6. The predicted octanol–water partition coefficient (Wildman–Crippen LogP) is 4.12. The lowest BCUT2D eigenvalue weighted by Gasteiger charge is -2.16. The lowest BCUT2D eigenvalue weighted by Crippen LogP contribution is -2.17. The largest absolute Gasteiger partial charge is 0.573 e. The second-order valence-corrected chi connectivity index (χ2v) is 5.68. The highest BCUT2D eigenvalue weighted by molar-refractivity contribution is 9.10. The van der Waals surface area contributed by atoms with Crippen molar-refractivity contribution in [3.8, 4) is 17.2 Å². The number of benzene rings is 2. The van der Waals surface area contributed by atoms with Crippen LogP contribution in [0.3, 0.4) is 0 Å². The van der Waals surface area contributed by atoms with Crippen LogP contribution < -0.4 is 19.9 Å². The summed E-state index contributed by atoms with van der Waals surface area (Å²) in [5.41, 5.74) is 7.57. The molecule has 0 fully saturated rings. The highest BCUT2D eigenvalue weighted by Crippen LogP contribution is 2.40. The van der Waals surface area contributed by atoms with Gasteiger partial charge in [-0.1, -0.05) is 28.1 Å². The Bertz CT molecular complexity index is 719. The molecule has 2 aromatic carbocycles. The van der Waals surface area contributed by atoms with Gasteiger partial charge in [-0.05, 0) is 35.4 Å². The first-order valence-electron chi connectivity index (χ1n) is 6.54. The highest BCUT2D eigenvalue weighted by Gasteiger charge is 2.31. The third-order valence-electron chi connectivity index (χ3n) is 3.30. The van der Waals surface area contributed by atoms with Gasteiger partial charge in [-0.15, -0.1) is 13.2 Å². The fourth-order valence-electron chi connectivity index (χ4n) is 2.23. The molecule has 0 aromatic heterocycles. The molecule has 3 rings (SSSR count). The van der Waals surface area contributed by atoms with Crippen molar-refractivity contribution in [2.45, 2.75) is 12.4 Å². The fraction of sp³-hybridized carbons (Fsp3) is 0.200. The summed E-state index contributed by atoms with van der Waals surface area (Å²) in [5.74, 6) is 0.899. The summed E-state index contributed by atoms with van der Waals surface area (Å²) >= 11 is 3.41. The van der Waals surface area contributed by atoms with Gasteiger partial charge in [0.05, 0.1) is 6.04 Å². The van der Waals surface area contributed by atoms with Crippen LogP contribution in [0.5, 0.6) is 17.2 Å². The van der Waals surface area contributed by atoms with Crippen molar-refractivity contribution in [3.05, 3.63) is 52.0 Å². The van der Waals surface area contributed by atoms with E-state index in [1.54, 1.807) is 12.1 Å². The van der Waals surface area contributed by atoms with E-state index >= 15 is 0 Å². The Labute approximate surface area is 138 Å². The third-order valence-corrected chi connectivity index (χ3v) is 3.99. The van der Waals surface area contributed by atoms with Crippen LogP contribution in [0.1, 0.15) is 17.2 Å². The Morgan fingerprint density at radius 1 is 1.09 bits per heavy atom. The minimum absolute atomic E-state index is 0.143. The van der Waals surface area contributed by atoms with Gasteiger partial charge in [0, 0.05) is 4.47 Å². The standard InChI is InChI=1S/C15H11BrF3NO3/c16-11-6-13-12(21-7-22-13)5-10(11)14(20)8-1-3-9(4-2-8)23-15(17,18)19/h1-6,14H,7,20H2/t14-/m1/s1. The zero-order chi connectivity index (χ0) is 16.6. The van der Waals surface area contributed by atoms with Crippen LogP contribution in [0.25, 0.3) is 0 Å². The van der Waals surface area contributed by atoms with E-state index in [2.05, 4.69) is 20.7 Å². The maximum absolute atomic E-state index is 12.2. The molecule has 0 saturated carbocycles. The summed E-state index contributed by atoms with van der Waals surface area (Å²) in [6.45, 7) is 0.143. The van der Waals surface area contributed by atoms with Crippen LogP contribution in [-0.4, -0.2) is 13.2 Å². The van der Waals surface area contributed by atoms with E-state index in [9.17, 15) is 13.2 Å². The van der Waals surface area contributed by atoms with Crippen molar-refractivity contribution in [1.29, 1.82) is 0 Å². The van der Waals surface area contributed by atoms with Gasteiger partial charge in [0.1, 0.15) is 5.75 Å². The van der Waals surface area contributed by atoms with Gasteiger partial charge in [0.2, 0.25) is 6.79 Å². The van der Waals surface area contributed by atoms with Crippen molar-refractivity contribution < 1.29 is 27.4 Å². The smallest absolute Gasteiger partial charge is 0.454 e. The normalized spacial score (nSPS) is 14.7. The number of alkyl halides is 3. The van der Waals surface area contributed by atoms with Gasteiger partial charge in [0.25, 0.3) is 0 Å². The number of hydrogen-bond acceptors (Lipinski definition) is 4. The SMILES string of the molecule is N[C@H](c1ccc(OC(F)(F)F)cc1)c1cc2c(cc1Br)OCO2. The average Bonchev–Trinajstić information content (AvgIpc) is 2.92. The van der Waals surface area contributed by atoms with E-state index in [1.807, 2.05) is 0 Å². The number of nitrogens with two attached hydrogens (primary N) is 1. The molecular formula is C15H11BrF3NO3. The Kier molecular flexibility index (Phi) is 4.11. The Morgan fingerprint density at radius 2 is 1.70 bits per heavy atom. The molecule has 122 valence electrons. The molecular weight excluding hydrogens is 379 g/mol. The number of hydrogen-bond donors (Lipinski definition) is 1. The molecule has 0 unspecified atom stereocenters. The van der Waals surface area contributed by atoms with Gasteiger partial charge < -0.3 is 19.9 Å². The lowest BCUT2D eigenvalue weighted by molar-refractivity contribution is -0.274. The van der Waals surface area contributed by atoms with Gasteiger partial charge in [-0.2, -0.15) is 0 Å². The summed E-state index contributed by atoms with van der Waals surface area (Å²) in [6, 6.07) is 8.38. The molecule has 0 spiro atoms. The van der Waals surface area contributed by atoms with E-state index < -0.39 is 12.4 Å². The van der Waals surface area contributed by atoms with Crippen LogP contribution in [0, 0.1) is 0 Å². The number of fused-ring (bicyclic) bond motifs is 1. The van der Waals surface area contributed by atoms with Gasteiger partial charge in [-0.25, -0.2) is 0 Å². The zero-order valence-corrected chi connectivity index (χ0v) is 13.1. The maximum atomic E-state index is 12.2. The minimum atomic E-state index is -4.72. The van der Waals surface area contributed by atoms with Crippen molar-refractivity contribution in [3.63, 3.8) is 0 Å². The summed E-state index contributed by atoms with van der Waals surface area (Å²) in [4.78, 5) is 0. The maximum Gasteiger partial charge on any atom is 0.573 e. The molecule has 0 radical (unpaired) electrons.